The van der Waals surface area contributed by atoms with E-state index in [2.05, 4.69) is 22.1 Å². The van der Waals surface area contributed by atoms with Crippen LogP contribution in [0.5, 0.6) is 0 Å². The van der Waals surface area contributed by atoms with Gasteiger partial charge in [-0.3, -0.25) is 9.98 Å². The number of nitrogen functional groups attached to an aromatic ring is 1. The van der Waals surface area contributed by atoms with Crippen molar-refractivity contribution in [2.24, 2.45) is 4.99 Å². The molecule has 0 aliphatic carbocycles. The van der Waals surface area contributed by atoms with Gasteiger partial charge >= 0.3 is 0 Å². The third kappa shape index (κ3) is 1.69. The molecule has 0 atom stereocenters. The van der Waals surface area contributed by atoms with Crippen LogP contribution in [0.15, 0.2) is 41.5 Å². The quantitative estimate of drug-likeness (QED) is 0.806. The Morgan fingerprint density at radius 2 is 1.94 bits per heavy atom. The number of nitrogens with zero attached hydrogens (tertiary/aromatic N) is 2. The molecule has 1 aromatic heterocycles. The fourth-order valence-electron chi connectivity index (χ4n) is 2.22. The fraction of sp³-hybridized carbons (Fsp3) is 0.143. The van der Waals surface area contributed by atoms with Gasteiger partial charge in [-0.15, -0.1) is 0 Å². The van der Waals surface area contributed by atoms with Crippen molar-refractivity contribution in [2.45, 2.75) is 6.42 Å². The molecule has 2 heterocycles. The van der Waals surface area contributed by atoms with Crippen molar-refractivity contribution >= 4 is 11.9 Å². The lowest BCUT2D eigenvalue weighted by atomic mass is 9.94. The molecule has 0 saturated carbocycles. The van der Waals surface area contributed by atoms with Crippen LogP contribution >= 0.6 is 0 Å². The highest BCUT2D eigenvalue weighted by atomic mass is 14.8. The molecule has 1 aliphatic rings. The number of rotatable bonds is 1. The van der Waals surface area contributed by atoms with Crippen molar-refractivity contribution in [1.82, 2.24) is 4.98 Å². The summed E-state index contributed by atoms with van der Waals surface area (Å²) in [4.78, 5) is 8.59. The highest BCUT2D eigenvalue weighted by Crippen LogP contribution is 2.31. The van der Waals surface area contributed by atoms with Crippen molar-refractivity contribution in [3.05, 3.63) is 47.8 Å². The number of benzene rings is 1. The fourth-order valence-corrected chi connectivity index (χ4v) is 2.22. The number of aliphatic imine (C=N–C) groups is 1. The molecule has 3 rings (SSSR count). The number of pyridine rings is 1. The number of hydrogen-bond acceptors (Lipinski definition) is 3. The van der Waals surface area contributed by atoms with E-state index in [1.807, 2.05) is 24.4 Å². The highest BCUT2D eigenvalue weighted by molar-refractivity contribution is 5.89. The van der Waals surface area contributed by atoms with Gasteiger partial charge in [-0.25, -0.2) is 0 Å². The zero-order valence-electron chi connectivity index (χ0n) is 9.43. The maximum Gasteiger partial charge on any atom is 0.0848 e. The molecule has 2 N–H and O–H groups in total. The van der Waals surface area contributed by atoms with Crippen molar-refractivity contribution in [3.8, 4) is 11.1 Å². The van der Waals surface area contributed by atoms with E-state index in [0.717, 1.165) is 35.5 Å². The molecule has 0 radical (unpaired) electrons. The molecule has 1 aliphatic heterocycles. The van der Waals surface area contributed by atoms with Gasteiger partial charge in [-0.2, -0.15) is 0 Å². The van der Waals surface area contributed by atoms with Gasteiger partial charge in [-0.05, 0) is 17.5 Å². The van der Waals surface area contributed by atoms with E-state index in [9.17, 15) is 0 Å². The van der Waals surface area contributed by atoms with Crippen LogP contribution in [0.1, 0.15) is 11.3 Å². The SMILES string of the molecule is Nc1cnc2c(c1-c1ccccc1)CCN=C2. The first-order valence-electron chi connectivity index (χ1n) is 5.69. The molecule has 0 fully saturated rings. The molecule has 0 unspecified atom stereocenters. The van der Waals surface area contributed by atoms with Crippen molar-refractivity contribution in [3.63, 3.8) is 0 Å². The molecule has 2 aromatic rings. The first-order chi connectivity index (χ1) is 8.36. The monoisotopic (exact) mass is 223 g/mol. The van der Waals surface area contributed by atoms with E-state index in [-0.39, 0.29) is 0 Å². The lowest BCUT2D eigenvalue weighted by Gasteiger charge is -2.16. The van der Waals surface area contributed by atoms with E-state index < -0.39 is 0 Å². The summed E-state index contributed by atoms with van der Waals surface area (Å²) in [6.07, 6.45) is 4.47. The van der Waals surface area contributed by atoms with Gasteiger partial charge in [-0.1, -0.05) is 30.3 Å². The second kappa shape index (κ2) is 4.01. The minimum absolute atomic E-state index is 0.741. The van der Waals surface area contributed by atoms with Crippen LogP contribution in [0, 0.1) is 0 Å². The lowest BCUT2D eigenvalue weighted by Crippen LogP contribution is -2.09. The third-order valence-corrected chi connectivity index (χ3v) is 3.01. The molecule has 17 heavy (non-hydrogen) atoms. The number of aromatic nitrogens is 1. The molecular weight excluding hydrogens is 210 g/mol. The van der Waals surface area contributed by atoms with Crippen LogP contribution in [-0.4, -0.2) is 17.7 Å². The molecule has 0 bridgehead atoms. The van der Waals surface area contributed by atoms with Gasteiger partial charge in [0.05, 0.1) is 17.6 Å². The van der Waals surface area contributed by atoms with Crippen LogP contribution in [-0.2, 0) is 6.42 Å². The number of hydrogen-bond donors (Lipinski definition) is 1. The lowest BCUT2D eigenvalue weighted by molar-refractivity contribution is 0.938. The molecule has 3 nitrogen and oxygen atoms in total. The summed E-state index contributed by atoms with van der Waals surface area (Å²) in [5.74, 6) is 0. The molecule has 3 heteroatoms. The highest BCUT2D eigenvalue weighted by Gasteiger charge is 2.15. The van der Waals surface area contributed by atoms with E-state index in [0.29, 0.717) is 0 Å². The summed E-state index contributed by atoms with van der Waals surface area (Å²) in [6, 6.07) is 10.2. The van der Waals surface area contributed by atoms with Gasteiger partial charge in [0.1, 0.15) is 0 Å². The standard InChI is InChI=1S/C14H13N3/c15-12-8-17-13-9-16-7-6-11(13)14(12)10-4-2-1-3-5-10/h1-5,8-9H,6-7,15H2. The number of nitrogens with two attached hydrogens (primary N) is 1. The van der Waals surface area contributed by atoms with Gasteiger partial charge in [0.15, 0.2) is 0 Å². The summed E-state index contributed by atoms with van der Waals surface area (Å²) >= 11 is 0. The number of anilines is 1. The third-order valence-electron chi connectivity index (χ3n) is 3.01. The summed E-state index contributed by atoms with van der Waals surface area (Å²) in [6.45, 7) is 0.817. The van der Waals surface area contributed by atoms with Gasteiger partial charge in [0.2, 0.25) is 0 Å². The normalized spacial score (nSPS) is 13.4. The Morgan fingerprint density at radius 3 is 2.76 bits per heavy atom. The minimum atomic E-state index is 0.741. The maximum absolute atomic E-state index is 6.07. The topological polar surface area (TPSA) is 51.3 Å². The molecule has 0 amide bonds. The Bertz CT molecular complexity index is 574. The predicted octanol–water partition coefficient (Wildman–Crippen LogP) is 2.31. The average molecular weight is 223 g/mol. The Labute approximate surface area is 100 Å². The second-order valence-corrected chi connectivity index (χ2v) is 4.10. The van der Waals surface area contributed by atoms with Crippen molar-refractivity contribution in [2.75, 3.05) is 12.3 Å². The zero-order valence-corrected chi connectivity index (χ0v) is 9.43. The summed E-state index contributed by atoms with van der Waals surface area (Å²) in [5.41, 5.74) is 11.2. The Morgan fingerprint density at radius 1 is 1.12 bits per heavy atom. The van der Waals surface area contributed by atoms with Crippen molar-refractivity contribution < 1.29 is 0 Å². The summed E-state index contributed by atoms with van der Waals surface area (Å²) in [5, 5.41) is 0. The first kappa shape index (κ1) is 10.0. The van der Waals surface area contributed by atoms with Gasteiger partial charge in [0, 0.05) is 18.3 Å². The Balaban J connectivity index is 2.26. The van der Waals surface area contributed by atoms with E-state index in [1.165, 1.54) is 5.56 Å². The van der Waals surface area contributed by atoms with Gasteiger partial charge < -0.3 is 5.73 Å². The van der Waals surface area contributed by atoms with Crippen LogP contribution in [0.2, 0.25) is 0 Å². The molecule has 0 spiro atoms. The zero-order chi connectivity index (χ0) is 11.7. The Hall–Kier alpha value is -2.16. The molecule has 84 valence electrons. The summed E-state index contributed by atoms with van der Waals surface area (Å²) < 4.78 is 0. The predicted molar refractivity (Wildman–Crippen MR) is 70.3 cm³/mol. The van der Waals surface area contributed by atoms with E-state index in [1.54, 1.807) is 6.20 Å². The Kier molecular flexibility index (Phi) is 2.37. The van der Waals surface area contributed by atoms with Crippen LogP contribution in [0.4, 0.5) is 5.69 Å². The van der Waals surface area contributed by atoms with E-state index >= 15 is 0 Å². The van der Waals surface area contributed by atoms with Crippen LogP contribution in [0.3, 0.4) is 0 Å². The van der Waals surface area contributed by atoms with Crippen LogP contribution < -0.4 is 5.73 Å². The summed E-state index contributed by atoms with van der Waals surface area (Å²) in [7, 11) is 0. The largest absolute Gasteiger partial charge is 0.397 e. The minimum Gasteiger partial charge on any atom is -0.397 e. The van der Waals surface area contributed by atoms with E-state index in [4.69, 9.17) is 5.73 Å². The molecule has 0 saturated heterocycles. The molecule has 1 aromatic carbocycles. The van der Waals surface area contributed by atoms with Gasteiger partial charge in [0.25, 0.3) is 0 Å². The maximum atomic E-state index is 6.07. The number of fused-ring (bicyclic) bond motifs is 1. The van der Waals surface area contributed by atoms with Crippen molar-refractivity contribution in [1.29, 1.82) is 0 Å². The second-order valence-electron chi connectivity index (χ2n) is 4.10. The first-order valence-corrected chi connectivity index (χ1v) is 5.69. The van der Waals surface area contributed by atoms with Crippen LogP contribution in [0.25, 0.3) is 11.1 Å². The molecular formula is C14H13N3. The smallest absolute Gasteiger partial charge is 0.0848 e. The average Bonchev–Trinajstić information content (AvgIpc) is 2.39.